The number of hydrazine groups is 1. The first kappa shape index (κ1) is 7.99. The van der Waals surface area contributed by atoms with E-state index >= 15 is 0 Å². The number of nitrogens with one attached hydrogen (secondary N) is 1. The van der Waals surface area contributed by atoms with E-state index in [0.29, 0.717) is 0 Å². The molecule has 0 aromatic rings. The van der Waals surface area contributed by atoms with Gasteiger partial charge in [0.05, 0.1) is 0 Å². The molecule has 0 unspecified atom stereocenters. The summed E-state index contributed by atoms with van der Waals surface area (Å²) in [6.07, 6.45) is 1.25. The molecule has 0 aromatic heterocycles. The smallest absolute Gasteiger partial charge is 0.353 e. The number of aliphatic carboxylic acids is 1. The van der Waals surface area contributed by atoms with Crippen molar-refractivity contribution in [2.45, 2.75) is 5.79 Å². The predicted octanol–water partition coefficient (Wildman–Crippen LogP) is -2.02. The van der Waals surface area contributed by atoms with E-state index in [1.807, 2.05) is 0 Å². The number of hydrogen-bond donors (Lipinski definition) is 4. The van der Waals surface area contributed by atoms with Crippen LogP contribution in [0.25, 0.3) is 0 Å². The van der Waals surface area contributed by atoms with Crippen LogP contribution in [-0.4, -0.2) is 28.9 Å². The SMILES string of the molecule is CN1NC(N)(N)C=C1C(=O)O. The average molecular weight is 158 g/mol. The molecule has 11 heavy (non-hydrogen) atoms. The van der Waals surface area contributed by atoms with Crippen LogP contribution in [0.2, 0.25) is 0 Å². The molecule has 6 N–H and O–H groups in total. The van der Waals surface area contributed by atoms with Gasteiger partial charge >= 0.3 is 5.97 Å². The van der Waals surface area contributed by atoms with Crippen molar-refractivity contribution in [2.24, 2.45) is 11.5 Å². The fourth-order valence-corrected chi connectivity index (χ4v) is 0.911. The molecule has 0 bridgehead atoms. The summed E-state index contributed by atoms with van der Waals surface area (Å²) in [7, 11) is 1.53. The third-order valence-corrected chi connectivity index (χ3v) is 1.32. The summed E-state index contributed by atoms with van der Waals surface area (Å²) >= 11 is 0. The summed E-state index contributed by atoms with van der Waals surface area (Å²) in [5, 5.41) is 9.82. The van der Waals surface area contributed by atoms with E-state index in [0.717, 1.165) is 0 Å². The van der Waals surface area contributed by atoms with E-state index in [1.165, 1.54) is 18.1 Å². The largest absolute Gasteiger partial charge is 0.477 e. The highest BCUT2D eigenvalue weighted by atomic mass is 16.4. The minimum atomic E-state index is -1.25. The first-order valence-electron chi connectivity index (χ1n) is 2.98. The minimum absolute atomic E-state index is 0.0509. The van der Waals surface area contributed by atoms with Crippen LogP contribution in [0.1, 0.15) is 0 Å². The molecule has 1 heterocycles. The van der Waals surface area contributed by atoms with Crippen LogP contribution >= 0.6 is 0 Å². The lowest BCUT2D eigenvalue weighted by Crippen LogP contribution is -2.59. The van der Waals surface area contributed by atoms with Gasteiger partial charge in [0.1, 0.15) is 5.70 Å². The molecule has 0 aromatic carbocycles. The molecule has 1 aliphatic heterocycles. The number of carboxylic acid groups (broad SMARTS) is 1. The molecule has 0 atom stereocenters. The van der Waals surface area contributed by atoms with Gasteiger partial charge in [0.25, 0.3) is 0 Å². The summed E-state index contributed by atoms with van der Waals surface area (Å²) in [5.41, 5.74) is 13.4. The van der Waals surface area contributed by atoms with E-state index in [1.54, 1.807) is 0 Å². The van der Waals surface area contributed by atoms with E-state index < -0.39 is 11.8 Å². The Balaban J connectivity index is 2.88. The van der Waals surface area contributed by atoms with Crippen LogP contribution in [0.4, 0.5) is 0 Å². The van der Waals surface area contributed by atoms with Crippen LogP contribution < -0.4 is 16.9 Å². The molecule has 0 fully saturated rings. The zero-order chi connectivity index (χ0) is 8.65. The lowest BCUT2D eigenvalue weighted by Gasteiger charge is -2.20. The van der Waals surface area contributed by atoms with Crippen LogP contribution in [0, 0.1) is 0 Å². The Morgan fingerprint density at radius 1 is 1.82 bits per heavy atom. The molecule has 1 aliphatic rings. The predicted molar refractivity (Wildman–Crippen MR) is 37.7 cm³/mol. The highest BCUT2D eigenvalue weighted by molar-refractivity contribution is 5.86. The van der Waals surface area contributed by atoms with Crippen molar-refractivity contribution in [1.29, 1.82) is 0 Å². The monoisotopic (exact) mass is 158 g/mol. The minimum Gasteiger partial charge on any atom is -0.477 e. The Labute approximate surface area is 63.4 Å². The van der Waals surface area contributed by atoms with Gasteiger partial charge in [-0.2, -0.15) is 5.43 Å². The van der Waals surface area contributed by atoms with Crippen molar-refractivity contribution in [3.05, 3.63) is 11.8 Å². The van der Waals surface area contributed by atoms with Crippen LogP contribution in [0.5, 0.6) is 0 Å². The lowest BCUT2D eigenvalue weighted by atomic mass is 10.3. The summed E-state index contributed by atoms with van der Waals surface area (Å²) in [6, 6.07) is 0. The molecular formula is C5H10N4O2. The van der Waals surface area contributed by atoms with Crippen LogP contribution in [0.15, 0.2) is 11.8 Å². The van der Waals surface area contributed by atoms with Gasteiger partial charge in [-0.05, 0) is 6.08 Å². The maximum Gasteiger partial charge on any atom is 0.353 e. The van der Waals surface area contributed by atoms with E-state index in [2.05, 4.69) is 5.43 Å². The molecule has 0 saturated heterocycles. The molecule has 0 aliphatic carbocycles. The van der Waals surface area contributed by atoms with Gasteiger partial charge in [0, 0.05) is 7.05 Å². The standard InChI is InChI=1S/C5H10N4O2/c1-9-3(4(10)11)2-5(6,7)8-9/h2,8H,6-7H2,1H3,(H,10,11). The Kier molecular flexibility index (Phi) is 1.59. The second-order valence-corrected chi connectivity index (χ2v) is 2.44. The molecule has 0 saturated carbocycles. The number of carboxylic acids is 1. The van der Waals surface area contributed by atoms with Gasteiger partial charge in [0.2, 0.25) is 0 Å². The Morgan fingerprint density at radius 3 is 2.55 bits per heavy atom. The van der Waals surface area contributed by atoms with Gasteiger partial charge in [0.15, 0.2) is 5.79 Å². The summed E-state index contributed by atoms with van der Waals surface area (Å²) in [6.45, 7) is 0. The second kappa shape index (κ2) is 2.19. The third kappa shape index (κ3) is 1.48. The van der Waals surface area contributed by atoms with E-state index in [-0.39, 0.29) is 5.70 Å². The summed E-state index contributed by atoms with van der Waals surface area (Å²) < 4.78 is 0. The first-order chi connectivity index (χ1) is 4.92. The van der Waals surface area contributed by atoms with Crippen molar-refractivity contribution in [1.82, 2.24) is 10.4 Å². The van der Waals surface area contributed by atoms with Crippen molar-refractivity contribution < 1.29 is 9.90 Å². The van der Waals surface area contributed by atoms with Crippen molar-refractivity contribution in [3.63, 3.8) is 0 Å². The molecule has 6 nitrogen and oxygen atoms in total. The average Bonchev–Trinajstić information content (AvgIpc) is 2.05. The topological polar surface area (TPSA) is 105 Å². The van der Waals surface area contributed by atoms with Crippen molar-refractivity contribution in [3.8, 4) is 0 Å². The molecule has 1 rings (SSSR count). The third-order valence-electron chi connectivity index (χ3n) is 1.32. The Hall–Kier alpha value is -1.11. The number of hydrogen-bond acceptors (Lipinski definition) is 5. The maximum absolute atomic E-state index is 10.4. The van der Waals surface area contributed by atoms with Gasteiger partial charge < -0.3 is 10.1 Å². The highest BCUT2D eigenvalue weighted by Gasteiger charge is 2.30. The zero-order valence-electron chi connectivity index (χ0n) is 6.03. The molecular weight excluding hydrogens is 148 g/mol. The number of likely N-dealkylation sites (N-methyl/N-ethyl adjacent to an activating group) is 1. The molecule has 6 heteroatoms. The Bertz CT molecular complexity index is 223. The fourth-order valence-electron chi connectivity index (χ4n) is 0.911. The van der Waals surface area contributed by atoms with Gasteiger partial charge in [-0.3, -0.25) is 11.5 Å². The lowest BCUT2D eigenvalue weighted by molar-refractivity contribution is -0.134. The quantitative estimate of drug-likeness (QED) is 0.328. The normalized spacial score (nSPS) is 21.7. The number of nitrogens with two attached hydrogens (primary N) is 2. The Morgan fingerprint density at radius 2 is 2.36 bits per heavy atom. The van der Waals surface area contributed by atoms with Crippen LogP contribution in [0.3, 0.4) is 0 Å². The number of carbonyl (C=O) groups is 1. The summed E-state index contributed by atoms with van der Waals surface area (Å²) in [5.74, 6) is -2.31. The van der Waals surface area contributed by atoms with Gasteiger partial charge in [-0.1, -0.05) is 0 Å². The zero-order valence-corrected chi connectivity index (χ0v) is 6.03. The van der Waals surface area contributed by atoms with Crippen molar-refractivity contribution >= 4 is 5.97 Å². The fraction of sp³-hybridized carbons (Fsp3) is 0.400. The van der Waals surface area contributed by atoms with Gasteiger partial charge in [-0.15, -0.1) is 0 Å². The second-order valence-electron chi connectivity index (χ2n) is 2.44. The van der Waals surface area contributed by atoms with E-state index in [4.69, 9.17) is 16.6 Å². The van der Waals surface area contributed by atoms with Crippen LogP contribution in [-0.2, 0) is 4.79 Å². The summed E-state index contributed by atoms with van der Waals surface area (Å²) in [4.78, 5) is 10.4. The molecule has 0 amide bonds. The van der Waals surface area contributed by atoms with Crippen molar-refractivity contribution in [2.75, 3.05) is 7.05 Å². The molecule has 0 radical (unpaired) electrons. The van der Waals surface area contributed by atoms with Gasteiger partial charge in [-0.25, -0.2) is 4.79 Å². The maximum atomic E-state index is 10.4. The first-order valence-corrected chi connectivity index (χ1v) is 2.98. The highest BCUT2D eigenvalue weighted by Crippen LogP contribution is 2.10. The number of rotatable bonds is 1. The molecule has 0 spiro atoms. The van der Waals surface area contributed by atoms with E-state index in [9.17, 15) is 4.79 Å². The molecule has 62 valence electrons. The number of nitrogens with zero attached hydrogens (tertiary/aromatic N) is 1.